The number of aliphatic hydroxyl groups is 1. The smallest absolute Gasteiger partial charge is 0.122 e. The predicted molar refractivity (Wildman–Crippen MR) is 70.5 cm³/mol. The molecule has 1 aromatic carbocycles. The Morgan fingerprint density at radius 2 is 1.94 bits per heavy atom. The van der Waals surface area contributed by atoms with Crippen LogP contribution in [0.2, 0.25) is 0 Å². The van der Waals surface area contributed by atoms with Gasteiger partial charge in [-0.05, 0) is 30.9 Å². The van der Waals surface area contributed by atoms with Crippen molar-refractivity contribution >= 4 is 0 Å². The van der Waals surface area contributed by atoms with Crippen LogP contribution in [0.25, 0.3) is 0 Å². The van der Waals surface area contributed by atoms with Gasteiger partial charge in [-0.1, -0.05) is 31.0 Å². The second-order valence-electron chi connectivity index (χ2n) is 5.80. The molecule has 3 heteroatoms. The molecule has 0 saturated heterocycles. The van der Waals surface area contributed by atoms with E-state index in [1.807, 2.05) is 18.2 Å². The van der Waals surface area contributed by atoms with Crippen LogP contribution >= 0.6 is 0 Å². The Kier molecular flexibility index (Phi) is 2.83. The quantitative estimate of drug-likeness (QED) is 0.839. The van der Waals surface area contributed by atoms with E-state index >= 15 is 0 Å². The Balaban J connectivity index is 1.95. The summed E-state index contributed by atoms with van der Waals surface area (Å²) in [4.78, 5) is 0. The van der Waals surface area contributed by atoms with Gasteiger partial charge in [-0.2, -0.15) is 0 Å². The monoisotopic (exact) mass is 247 g/mol. The van der Waals surface area contributed by atoms with Crippen molar-refractivity contribution in [3.05, 3.63) is 29.8 Å². The summed E-state index contributed by atoms with van der Waals surface area (Å²) < 4.78 is 5.87. The molecule has 3 rings (SSSR count). The lowest BCUT2D eigenvalue weighted by molar-refractivity contribution is -0.102. The lowest BCUT2D eigenvalue weighted by Crippen LogP contribution is -2.57. The molecule has 1 heterocycles. The average molecular weight is 247 g/mol. The molecule has 1 aliphatic heterocycles. The number of fused-ring (bicyclic) bond motifs is 1. The first-order valence-corrected chi connectivity index (χ1v) is 6.82. The molecule has 3 N–H and O–H groups in total. The third kappa shape index (κ3) is 1.65. The second-order valence-corrected chi connectivity index (χ2v) is 5.80. The average Bonchev–Trinajstić information content (AvgIpc) is 2.86. The van der Waals surface area contributed by atoms with Crippen molar-refractivity contribution in [2.75, 3.05) is 13.2 Å². The van der Waals surface area contributed by atoms with Crippen LogP contribution in [0, 0.1) is 5.41 Å². The highest BCUT2D eigenvalue weighted by Crippen LogP contribution is 2.48. The van der Waals surface area contributed by atoms with E-state index in [1.165, 1.54) is 5.56 Å². The number of ether oxygens (including phenoxy) is 1. The van der Waals surface area contributed by atoms with E-state index in [2.05, 4.69) is 6.07 Å². The van der Waals surface area contributed by atoms with Crippen molar-refractivity contribution in [1.29, 1.82) is 0 Å². The summed E-state index contributed by atoms with van der Waals surface area (Å²) >= 11 is 0. The molecule has 1 aliphatic carbocycles. The van der Waals surface area contributed by atoms with Gasteiger partial charge in [-0.25, -0.2) is 0 Å². The zero-order chi connectivity index (χ0) is 12.6. The number of hydrogen-bond acceptors (Lipinski definition) is 3. The molecular formula is C15H21NO2. The van der Waals surface area contributed by atoms with Gasteiger partial charge < -0.3 is 15.6 Å². The van der Waals surface area contributed by atoms with E-state index in [-0.39, 0.29) is 5.41 Å². The first-order chi connectivity index (χ1) is 8.69. The SMILES string of the molecule is NCC1(C2(O)CCCC2)COc2ccccc2C1. The fourth-order valence-electron chi connectivity index (χ4n) is 3.53. The fourth-order valence-corrected chi connectivity index (χ4v) is 3.53. The summed E-state index contributed by atoms with van der Waals surface area (Å²) in [7, 11) is 0. The summed E-state index contributed by atoms with van der Waals surface area (Å²) in [5.74, 6) is 0.947. The highest BCUT2D eigenvalue weighted by atomic mass is 16.5. The molecule has 0 amide bonds. The lowest BCUT2D eigenvalue weighted by atomic mass is 9.66. The van der Waals surface area contributed by atoms with Crippen LogP contribution in [-0.2, 0) is 6.42 Å². The number of hydrogen-bond donors (Lipinski definition) is 2. The maximum atomic E-state index is 10.9. The van der Waals surface area contributed by atoms with Gasteiger partial charge in [0.2, 0.25) is 0 Å². The van der Waals surface area contributed by atoms with Gasteiger partial charge >= 0.3 is 0 Å². The highest BCUT2D eigenvalue weighted by molar-refractivity contribution is 5.37. The minimum absolute atomic E-state index is 0.308. The number of rotatable bonds is 2. The molecule has 3 nitrogen and oxygen atoms in total. The van der Waals surface area contributed by atoms with Crippen molar-refractivity contribution in [3.8, 4) is 5.75 Å². The summed E-state index contributed by atoms with van der Waals surface area (Å²) in [5.41, 5.74) is 6.24. The third-order valence-corrected chi connectivity index (χ3v) is 4.81. The molecule has 1 saturated carbocycles. The first kappa shape index (κ1) is 12.0. The Bertz CT molecular complexity index is 440. The van der Waals surface area contributed by atoms with Crippen LogP contribution in [0.15, 0.2) is 24.3 Å². The van der Waals surface area contributed by atoms with Crippen LogP contribution in [-0.4, -0.2) is 23.9 Å². The first-order valence-electron chi connectivity index (χ1n) is 6.82. The van der Waals surface area contributed by atoms with E-state index in [0.29, 0.717) is 13.2 Å². The molecule has 2 aliphatic rings. The Morgan fingerprint density at radius 3 is 2.67 bits per heavy atom. The second kappa shape index (κ2) is 4.25. The van der Waals surface area contributed by atoms with Crippen LogP contribution in [0.1, 0.15) is 31.2 Å². The minimum atomic E-state index is -0.644. The largest absolute Gasteiger partial charge is 0.493 e. The van der Waals surface area contributed by atoms with Crippen molar-refractivity contribution in [1.82, 2.24) is 0 Å². The molecule has 0 aromatic heterocycles. The van der Waals surface area contributed by atoms with Gasteiger partial charge in [0.05, 0.1) is 12.2 Å². The Hall–Kier alpha value is -1.06. The highest BCUT2D eigenvalue weighted by Gasteiger charge is 2.52. The van der Waals surface area contributed by atoms with Crippen LogP contribution in [0.5, 0.6) is 5.75 Å². The molecule has 1 atom stereocenters. The van der Waals surface area contributed by atoms with Gasteiger partial charge in [0.15, 0.2) is 0 Å². The van der Waals surface area contributed by atoms with E-state index in [9.17, 15) is 5.11 Å². The van der Waals surface area contributed by atoms with Crippen LogP contribution in [0.4, 0.5) is 0 Å². The van der Waals surface area contributed by atoms with Crippen molar-refractivity contribution in [2.45, 2.75) is 37.7 Å². The maximum Gasteiger partial charge on any atom is 0.122 e. The van der Waals surface area contributed by atoms with Crippen molar-refractivity contribution in [3.63, 3.8) is 0 Å². The molecule has 0 spiro atoms. The molecule has 1 fully saturated rings. The third-order valence-electron chi connectivity index (χ3n) is 4.81. The molecule has 1 unspecified atom stereocenters. The van der Waals surface area contributed by atoms with Crippen LogP contribution in [0.3, 0.4) is 0 Å². The van der Waals surface area contributed by atoms with E-state index in [0.717, 1.165) is 37.9 Å². The van der Waals surface area contributed by atoms with Crippen LogP contribution < -0.4 is 10.5 Å². The molecule has 0 radical (unpaired) electrons. The molecular weight excluding hydrogens is 226 g/mol. The summed E-state index contributed by atoms with van der Waals surface area (Å²) in [6, 6.07) is 8.08. The van der Waals surface area contributed by atoms with Gasteiger partial charge in [-0.3, -0.25) is 0 Å². The Morgan fingerprint density at radius 1 is 1.22 bits per heavy atom. The van der Waals surface area contributed by atoms with Gasteiger partial charge in [0.25, 0.3) is 0 Å². The number of nitrogens with two attached hydrogens (primary N) is 1. The molecule has 98 valence electrons. The molecule has 1 aromatic rings. The zero-order valence-corrected chi connectivity index (χ0v) is 10.7. The number of benzene rings is 1. The standard InChI is InChI=1S/C15H21NO2/c16-10-14(15(17)7-3-4-8-15)9-12-5-1-2-6-13(12)18-11-14/h1-2,5-6,17H,3-4,7-11,16H2. The minimum Gasteiger partial charge on any atom is -0.493 e. The van der Waals surface area contributed by atoms with E-state index in [4.69, 9.17) is 10.5 Å². The lowest BCUT2D eigenvalue weighted by Gasteiger charge is -2.47. The van der Waals surface area contributed by atoms with E-state index < -0.39 is 5.60 Å². The Labute approximate surface area is 108 Å². The van der Waals surface area contributed by atoms with Gasteiger partial charge in [0, 0.05) is 12.0 Å². The summed E-state index contributed by atoms with van der Waals surface area (Å²) in [6.07, 6.45) is 4.74. The summed E-state index contributed by atoms with van der Waals surface area (Å²) in [5, 5.41) is 10.9. The van der Waals surface area contributed by atoms with E-state index in [1.54, 1.807) is 0 Å². The fraction of sp³-hybridized carbons (Fsp3) is 0.600. The molecule has 0 bridgehead atoms. The predicted octanol–water partition coefficient (Wildman–Crippen LogP) is 1.87. The maximum absolute atomic E-state index is 10.9. The topological polar surface area (TPSA) is 55.5 Å². The molecule has 18 heavy (non-hydrogen) atoms. The normalized spacial score (nSPS) is 29.7. The van der Waals surface area contributed by atoms with Crippen molar-refractivity contribution in [2.24, 2.45) is 11.1 Å². The van der Waals surface area contributed by atoms with Gasteiger partial charge in [-0.15, -0.1) is 0 Å². The van der Waals surface area contributed by atoms with Crippen molar-refractivity contribution < 1.29 is 9.84 Å². The number of para-hydroxylation sites is 1. The van der Waals surface area contributed by atoms with Gasteiger partial charge in [0.1, 0.15) is 5.75 Å². The zero-order valence-electron chi connectivity index (χ0n) is 10.7. The summed E-state index contributed by atoms with van der Waals surface area (Å²) in [6.45, 7) is 1.02.